The van der Waals surface area contributed by atoms with Crippen molar-refractivity contribution in [2.24, 2.45) is 0 Å². The second-order valence-electron chi connectivity index (χ2n) is 5.52. The first kappa shape index (κ1) is 18.7. The van der Waals surface area contributed by atoms with Crippen molar-refractivity contribution in [3.8, 4) is 5.75 Å². The van der Waals surface area contributed by atoms with E-state index in [4.69, 9.17) is 14.6 Å². The number of rotatable bonds is 8. The van der Waals surface area contributed by atoms with Crippen molar-refractivity contribution in [2.45, 2.75) is 6.54 Å². The van der Waals surface area contributed by atoms with Crippen LogP contribution in [0.25, 0.3) is 0 Å². The van der Waals surface area contributed by atoms with Gasteiger partial charge >= 0.3 is 5.97 Å². The highest BCUT2D eigenvalue weighted by Gasteiger charge is 2.13. The summed E-state index contributed by atoms with van der Waals surface area (Å²) in [6, 6.07) is 4.42. The van der Waals surface area contributed by atoms with Crippen molar-refractivity contribution in [3.63, 3.8) is 0 Å². The quantitative estimate of drug-likeness (QED) is 0.681. The topological polar surface area (TPSA) is 105 Å². The molecule has 1 aliphatic heterocycles. The van der Waals surface area contributed by atoms with Crippen LogP contribution in [0.5, 0.6) is 5.75 Å². The van der Waals surface area contributed by atoms with Crippen LogP contribution in [0, 0.1) is 0 Å². The highest BCUT2D eigenvalue weighted by molar-refractivity contribution is 7.88. The van der Waals surface area contributed by atoms with Crippen LogP contribution in [0.2, 0.25) is 0 Å². The average Bonchev–Trinajstić information content (AvgIpc) is 2.54. The molecule has 1 saturated heterocycles. The van der Waals surface area contributed by atoms with Crippen LogP contribution in [-0.2, 0) is 21.3 Å². The van der Waals surface area contributed by atoms with Crippen LogP contribution in [0.1, 0.15) is 15.9 Å². The van der Waals surface area contributed by atoms with E-state index in [0.29, 0.717) is 31.1 Å². The van der Waals surface area contributed by atoms with Gasteiger partial charge in [-0.15, -0.1) is 0 Å². The van der Waals surface area contributed by atoms with Crippen LogP contribution < -0.4 is 9.46 Å². The number of hydrogen-bond donors (Lipinski definition) is 2. The maximum atomic E-state index is 11.3. The minimum absolute atomic E-state index is 0.0210. The summed E-state index contributed by atoms with van der Waals surface area (Å²) in [5.41, 5.74) is 0.572. The fraction of sp³-hybridized carbons (Fsp3) is 0.533. The van der Waals surface area contributed by atoms with Gasteiger partial charge < -0.3 is 14.6 Å². The van der Waals surface area contributed by atoms with Crippen LogP contribution >= 0.6 is 0 Å². The first-order valence-electron chi connectivity index (χ1n) is 7.59. The molecule has 24 heavy (non-hydrogen) atoms. The molecule has 1 aliphatic rings. The van der Waals surface area contributed by atoms with E-state index in [9.17, 15) is 13.2 Å². The molecular formula is C15H22N2O6S. The summed E-state index contributed by atoms with van der Waals surface area (Å²) in [7, 11) is -3.38. The van der Waals surface area contributed by atoms with Crippen molar-refractivity contribution in [1.29, 1.82) is 0 Å². The van der Waals surface area contributed by atoms with E-state index in [-0.39, 0.29) is 12.1 Å². The first-order valence-corrected chi connectivity index (χ1v) is 9.48. The standard InChI is InChI=1S/C15H22N2O6S/c1-24(20,21)16-11-13-10-12(15(18)19)2-3-14(13)23-9-6-17-4-7-22-8-5-17/h2-3,10,16H,4-9,11H2,1H3,(H,18,19). The zero-order valence-electron chi connectivity index (χ0n) is 13.5. The predicted octanol–water partition coefficient (Wildman–Crippen LogP) is 0.145. The molecule has 0 amide bonds. The Hall–Kier alpha value is -1.68. The second kappa shape index (κ2) is 8.43. The lowest BCUT2D eigenvalue weighted by atomic mass is 10.1. The van der Waals surface area contributed by atoms with Gasteiger partial charge in [0, 0.05) is 31.7 Å². The van der Waals surface area contributed by atoms with E-state index < -0.39 is 16.0 Å². The third-order valence-electron chi connectivity index (χ3n) is 3.60. The van der Waals surface area contributed by atoms with Crippen LogP contribution in [0.15, 0.2) is 18.2 Å². The number of sulfonamides is 1. The number of hydrogen-bond acceptors (Lipinski definition) is 6. The third kappa shape index (κ3) is 6.08. The molecule has 0 bridgehead atoms. The molecule has 0 aliphatic carbocycles. The first-order chi connectivity index (χ1) is 11.3. The number of carboxylic acids is 1. The van der Waals surface area contributed by atoms with Gasteiger partial charge in [-0.2, -0.15) is 0 Å². The molecular weight excluding hydrogens is 336 g/mol. The smallest absolute Gasteiger partial charge is 0.335 e. The van der Waals surface area contributed by atoms with Crippen molar-refractivity contribution in [3.05, 3.63) is 29.3 Å². The van der Waals surface area contributed by atoms with Crippen molar-refractivity contribution < 1.29 is 27.8 Å². The molecule has 1 fully saturated rings. The van der Waals surface area contributed by atoms with Crippen molar-refractivity contribution in [2.75, 3.05) is 45.7 Å². The Bertz CT molecular complexity index is 671. The molecule has 0 unspecified atom stereocenters. The highest BCUT2D eigenvalue weighted by Crippen LogP contribution is 2.21. The van der Waals surface area contributed by atoms with E-state index in [1.165, 1.54) is 12.1 Å². The maximum Gasteiger partial charge on any atom is 0.335 e. The van der Waals surface area contributed by atoms with Gasteiger partial charge in [-0.1, -0.05) is 0 Å². The molecule has 9 heteroatoms. The fourth-order valence-electron chi connectivity index (χ4n) is 2.31. The minimum Gasteiger partial charge on any atom is -0.492 e. The van der Waals surface area contributed by atoms with E-state index >= 15 is 0 Å². The highest BCUT2D eigenvalue weighted by atomic mass is 32.2. The Morgan fingerprint density at radius 3 is 2.71 bits per heavy atom. The molecule has 0 atom stereocenters. The number of benzene rings is 1. The molecule has 2 rings (SSSR count). The lowest BCUT2D eigenvalue weighted by molar-refractivity contribution is 0.0322. The molecule has 1 aromatic carbocycles. The average molecular weight is 358 g/mol. The molecule has 8 nitrogen and oxygen atoms in total. The SMILES string of the molecule is CS(=O)(=O)NCc1cc(C(=O)O)ccc1OCCN1CCOCC1. The molecule has 1 aromatic rings. The number of carboxylic acid groups (broad SMARTS) is 1. The van der Waals surface area contributed by atoms with Gasteiger partial charge in [0.2, 0.25) is 10.0 Å². The third-order valence-corrected chi connectivity index (χ3v) is 4.27. The fourth-order valence-corrected chi connectivity index (χ4v) is 2.73. The summed E-state index contributed by atoms with van der Waals surface area (Å²) in [4.78, 5) is 13.3. The Morgan fingerprint density at radius 1 is 1.38 bits per heavy atom. The zero-order valence-corrected chi connectivity index (χ0v) is 14.3. The predicted molar refractivity (Wildman–Crippen MR) is 87.8 cm³/mol. The number of nitrogens with one attached hydrogen (secondary N) is 1. The van der Waals surface area contributed by atoms with Gasteiger partial charge in [0.25, 0.3) is 0 Å². The monoisotopic (exact) mass is 358 g/mol. The summed E-state index contributed by atoms with van der Waals surface area (Å²) < 4.78 is 35.9. The summed E-state index contributed by atoms with van der Waals surface area (Å²) >= 11 is 0. The molecule has 1 heterocycles. The Kier molecular flexibility index (Phi) is 6.55. The van der Waals surface area contributed by atoms with Gasteiger partial charge in [-0.05, 0) is 18.2 Å². The zero-order chi connectivity index (χ0) is 17.6. The Morgan fingerprint density at radius 2 is 2.08 bits per heavy atom. The molecule has 0 radical (unpaired) electrons. The van der Waals surface area contributed by atoms with Crippen molar-refractivity contribution in [1.82, 2.24) is 9.62 Å². The minimum atomic E-state index is -3.38. The van der Waals surface area contributed by atoms with Gasteiger partial charge in [0.05, 0.1) is 25.0 Å². The van der Waals surface area contributed by atoms with Gasteiger partial charge in [0.1, 0.15) is 12.4 Å². The van der Waals surface area contributed by atoms with Gasteiger partial charge in [-0.25, -0.2) is 17.9 Å². The van der Waals surface area contributed by atoms with Crippen molar-refractivity contribution >= 4 is 16.0 Å². The van der Waals surface area contributed by atoms with Gasteiger partial charge in [0.15, 0.2) is 0 Å². The number of ether oxygens (including phenoxy) is 2. The lowest BCUT2D eigenvalue weighted by Crippen LogP contribution is -2.38. The summed E-state index contributed by atoms with van der Waals surface area (Å²) in [6.45, 7) is 4.25. The van der Waals surface area contributed by atoms with E-state index in [2.05, 4.69) is 9.62 Å². The summed E-state index contributed by atoms with van der Waals surface area (Å²) in [6.07, 6.45) is 1.05. The summed E-state index contributed by atoms with van der Waals surface area (Å²) in [5, 5.41) is 9.08. The van der Waals surface area contributed by atoms with E-state index in [0.717, 1.165) is 25.9 Å². The second-order valence-corrected chi connectivity index (χ2v) is 7.36. The molecule has 0 saturated carbocycles. The molecule has 0 spiro atoms. The molecule has 2 N–H and O–H groups in total. The number of nitrogens with zero attached hydrogens (tertiary/aromatic N) is 1. The number of aromatic carboxylic acids is 1. The van der Waals surface area contributed by atoms with Crippen LogP contribution in [0.4, 0.5) is 0 Å². The normalized spacial score (nSPS) is 16.0. The Balaban J connectivity index is 2.01. The number of morpholine rings is 1. The summed E-state index contributed by atoms with van der Waals surface area (Å²) in [5.74, 6) is -0.597. The number of carbonyl (C=O) groups is 1. The van der Waals surface area contributed by atoms with E-state index in [1.54, 1.807) is 6.07 Å². The van der Waals surface area contributed by atoms with E-state index in [1.807, 2.05) is 0 Å². The largest absolute Gasteiger partial charge is 0.492 e. The maximum absolute atomic E-state index is 11.3. The molecule has 0 aromatic heterocycles. The van der Waals surface area contributed by atoms with Gasteiger partial charge in [-0.3, -0.25) is 4.90 Å². The molecule has 134 valence electrons. The van der Waals surface area contributed by atoms with Crippen LogP contribution in [0.3, 0.4) is 0 Å². The van der Waals surface area contributed by atoms with Crippen LogP contribution in [-0.4, -0.2) is 70.1 Å². The lowest BCUT2D eigenvalue weighted by Gasteiger charge is -2.26. The Labute approximate surface area is 141 Å².